The number of rotatable bonds is 5. The second-order valence-corrected chi connectivity index (χ2v) is 8.77. The minimum atomic E-state index is 0.172. The van der Waals surface area contributed by atoms with E-state index in [1.54, 1.807) is 7.11 Å². The third kappa shape index (κ3) is 5.12. The summed E-state index contributed by atoms with van der Waals surface area (Å²) in [5, 5.41) is 0. The molecule has 4 rings (SSSR count). The molecule has 0 aliphatic carbocycles. The van der Waals surface area contributed by atoms with Gasteiger partial charge >= 0.3 is 0 Å². The summed E-state index contributed by atoms with van der Waals surface area (Å²) in [5.41, 5.74) is 2.08. The molecule has 0 radical (unpaired) electrons. The van der Waals surface area contributed by atoms with Crippen LogP contribution in [0.4, 0.5) is 11.6 Å². The van der Waals surface area contributed by atoms with E-state index in [-0.39, 0.29) is 5.91 Å². The Kier molecular flexibility index (Phi) is 6.79. The van der Waals surface area contributed by atoms with Crippen molar-refractivity contribution in [3.63, 3.8) is 0 Å². The third-order valence-electron chi connectivity index (χ3n) is 6.41. The van der Waals surface area contributed by atoms with Gasteiger partial charge in [-0.1, -0.05) is 12.1 Å². The first-order valence-electron chi connectivity index (χ1n) is 11.4. The van der Waals surface area contributed by atoms with Gasteiger partial charge in [-0.15, -0.1) is 0 Å². The molecule has 0 saturated carbocycles. The largest absolute Gasteiger partial charge is 0.496 e. The number of anilines is 2. The molecule has 1 amide bonds. The lowest BCUT2D eigenvalue weighted by molar-refractivity contribution is -0.130. The van der Waals surface area contributed by atoms with E-state index in [0.29, 0.717) is 19.5 Å². The molecule has 32 heavy (non-hydrogen) atoms. The molecule has 0 unspecified atom stereocenters. The topological polar surface area (TPSA) is 65.0 Å². The average Bonchev–Trinajstić information content (AvgIpc) is 2.79. The van der Waals surface area contributed by atoms with E-state index in [1.165, 1.54) is 0 Å². The molecule has 8 nitrogen and oxygen atoms in total. The first-order chi connectivity index (χ1) is 15.4. The molecule has 2 aliphatic rings. The number of benzene rings is 1. The van der Waals surface area contributed by atoms with Crippen molar-refractivity contribution in [2.75, 3.05) is 76.3 Å². The maximum Gasteiger partial charge on any atom is 0.227 e. The van der Waals surface area contributed by atoms with Gasteiger partial charge in [0.25, 0.3) is 0 Å². The fourth-order valence-electron chi connectivity index (χ4n) is 4.42. The van der Waals surface area contributed by atoms with Crippen molar-refractivity contribution in [3.05, 3.63) is 41.2 Å². The zero-order chi connectivity index (χ0) is 22.7. The predicted octanol–water partition coefficient (Wildman–Crippen LogP) is 1.75. The SMILES string of the molecule is COc1ccc(CC(=O)N2CCN(c3cc(N4CCN(C)CC4)nc(C)n3)CC2)cc1C. The number of nitrogens with zero attached hydrogens (tertiary/aromatic N) is 6. The number of carbonyl (C=O) groups excluding carboxylic acids is 1. The quantitative estimate of drug-likeness (QED) is 0.705. The summed E-state index contributed by atoms with van der Waals surface area (Å²) in [6.07, 6.45) is 0.422. The van der Waals surface area contributed by atoms with Gasteiger partial charge in [-0.2, -0.15) is 0 Å². The van der Waals surface area contributed by atoms with Gasteiger partial charge in [-0.25, -0.2) is 9.97 Å². The van der Waals surface area contributed by atoms with Crippen LogP contribution in [0.2, 0.25) is 0 Å². The molecule has 2 aliphatic heterocycles. The summed E-state index contributed by atoms with van der Waals surface area (Å²) < 4.78 is 5.32. The van der Waals surface area contributed by atoms with Gasteiger partial charge in [-0.05, 0) is 38.1 Å². The minimum absolute atomic E-state index is 0.172. The number of amides is 1. The van der Waals surface area contributed by atoms with Gasteiger partial charge in [-0.3, -0.25) is 4.79 Å². The Hall–Kier alpha value is -2.87. The van der Waals surface area contributed by atoms with Crippen LogP contribution in [0.15, 0.2) is 24.3 Å². The summed E-state index contributed by atoms with van der Waals surface area (Å²) in [4.78, 5) is 31.2. The first-order valence-corrected chi connectivity index (χ1v) is 11.4. The molecule has 1 aromatic heterocycles. The van der Waals surface area contributed by atoms with Crippen molar-refractivity contribution >= 4 is 17.5 Å². The zero-order valence-corrected chi connectivity index (χ0v) is 19.7. The Bertz CT molecular complexity index is 950. The standard InChI is InChI=1S/C24H34N6O2/c1-18-15-20(5-6-21(18)32-4)16-24(31)30-13-11-29(12-14-30)23-17-22(25-19(2)26-23)28-9-7-27(3)8-10-28/h5-6,15,17H,7-14,16H2,1-4H3. The highest BCUT2D eigenvalue weighted by molar-refractivity contribution is 5.79. The molecule has 0 bridgehead atoms. The molecule has 2 fully saturated rings. The van der Waals surface area contributed by atoms with Crippen molar-refractivity contribution in [1.82, 2.24) is 19.8 Å². The number of piperazine rings is 2. The van der Waals surface area contributed by atoms with E-state index in [2.05, 4.69) is 32.8 Å². The summed E-state index contributed by atoms with van der Waals surface area (Å²) in [5.74, 6) is 3.79. The van der Waals surface area contributed by atoms with Gasteiger partial charge in [0.2, 0.25) is 5.91 Å². The zero-order valence-electron chi connectivity index (χ0n) is 19.7. The van der Waals surface area contributed by atoms with Crippen LogP contribution in [-0.2, 0) is 11.2 Å². The number of carbonyl (C=O) groups is 1. The lowest BCUT2D eigenvalue weighted by atomic mass is 10.1. The summed E-state index contributed by atoms with van der Waals surface area (Å²) in [6, 6.07) is 8.06. The second kappa shape index (κ2) is 9.73. The van der Waals surface area contributed by atoms with E-state index >= 15 is 0 Å². The number of ether oxygens (including phenoxy) is 1. The van der Waals surface area contributed by atoms with Crippen LogP contribution in [0.5, 0.6) is 5.75 Å². The summed E-state index contributed by atoms with van der Waals surface area (Å²) in [7, 11) is 3.82. The molecule has 1 aromatic carbocycles. The monoisotopic (exact) mass is 438 g/mol. The van der Waals surface area contributed by atoms with Gasteiger partial charge in [0, 0.05) is 58.4 Å². The van der Waals surface area contributed by atoms with Gasteiger partial charge in [0.05, 0.1) is 13.5 Å². The average molecular weight is 439 g/mol. The second-order valence-electron chi connectivity index (χ2n) is 8.77. The van der Waals surface area contributed by atoms with Crippen LogP contribution in [0, 0.1) is 13.8 Å². The molecule has 0 N–H and O–H groups in total. The summed E-state index contributed by atoms with van der Waals surface area (Å²) >= 11 is 0. The van der Waals surface area contributed by atoms with Crippen LogP contribution in [0.3, 0.4) is 0 Å². The smallest absolute Gasteiger partial charge is 0.227 e. The van der Waals surface area contributed by atoms with Crippen molar-refractivity contribution in [3.8, 4) is 5.75 Å². The van der Waals surface area contributed by atoms with Crippen LogP contribution in [0.1, 0.15) is 17.0 Å². The van der Waals surface area contributed by atoms with Crippen LogP contribution in [-0.4, -0.2) is 92.2 Å². The van der Waals surface area contributed by atoms with E-state index in [0.717, 1.165) is 73.6 Å². The Morgan fingerprint density at radius 2 is 1.50 bits per heavy atom. The molecule has 2 saturated heterocycles. The van der Waals surface area contributed by atoms with E-state index in [4.69, 9.17) is 9.72 Å². The molecule has 0 spiro atoms. The Balaban J connectivity index is 1.36. The minimum Gasteiger partial charge on any atom is -0.496 e. The molecule has 2 aromatic rings. The molecule has 3 heterocycles. The first kappa shape index (κ1) is 22.3. The normalized spacial score (nSPS) is 17.6. The number of hydrogen-bond acceptors (Lipinski definition) is 7. The maximum absolute atomic E-state index is 12.9. The number of methoxy groups -OCH3 is 1. The van der Waals surface area contributed by atoms with E-state index in [9.17, 15) is 4.79 Å². The lowest BCUT2D eigenvalue weighted by Gasteiger charge is -2.37. The van der Waals surface area contributed by atoms with Crippen LogP contribution in [0.25, 0.3) is 0 Å². The number of likely N-dealkylation sites (N-methyl/N-ethyl adjacent to an activating group) is 1. The van der Waals surface area contributed by atoms with Gasteiger partial charge in [0.15, 0.2) is 0 Å². The van der Waals surface area contributed by atoms with Gasteiger partial charge < -0.3 is 24.3 Å². The number of aryl methyl sites for hydroxylation is 2. The highest BCUT2D eigenvalue weighted by Crippen LogP contribution is 2.22. The maximum atomic E-state index is 12.9. The Morgan fingerprint density at radius 3 is 2.06 bits per heavy atom. The molecule has 172 valence electrons. The summed E-state index contributed by atoms with van der Waals surface area (Å²) in [6.45, 7) is 11.0. The lowest BCUT2D eigenvalue weighted by Crippen LogP contribution is -2.49. The molecule has 8 heteroatoms. The van der Waals surface area contributed by atoms with Crippen molar-refractivity contribution < 1.29 is 9.53 Å². The molecular weight excluding hydrogens is 404 g/mol. The fourth-order valence-corrected chi connectivity index (χ4v) is 4.42. The fraction of sp³-hybridized carbons (Fsp3) is 0.542. The van der Waals surface area contributed by atoms with Crippen molar-refractivity contribution in [2.24, 2.45) is 0 Å². The van der Waals surface area contributed by atoms with Crippen molar-refractivity contribution in [1.29, 1.82) is 0 Å². The third-order valence-corrected chi connectivity index (χ3v) is 6.41. The van der Waals surface area contributed by atoms with E-state index in [1.807, 2.05) is 36.9 Å². The Labute approximate surface area is 190 Å². The number of hydrogen-bond donors (Lipinski definition) is 0. The Morgan fingerprint density at radius 1 is 0.906 bits per heavy atom. The molecular formula is C24H34N6O2. The van der Waals surface area contributed by atoms with Crippen LogP contribution >= 0.6 is 0 Å². The highest BCUT2D eigenvalue weighted by Gasteiger charge is 2.24. The van der Waals surface area contributed by atoms with Crippen LogP contribution < -0.4 is 14.5 Å². The van der Waals surface area contributed by atoms with Crippen molar-refractivity contribution in [2.45, 2.75) is 20.3 Å². The highest BCUT2D eigenvalue weighted by atomic mass is 16.5. The molecule has 0 atom stereocenters. The number of aromatic nitrogens is 2. The van der Waals surface area contributed by atoms with Gasteiger partial charge in [0.1, 0.15) is 23.2 Å². The van der Waals surface area contributed by atoms with E-state index < -0.39 is 0 Å². The predicted molar refractivity (Wildman–Crippen MR) is 127 cm³/mol.